The first kappa shape index (κ1) is 15.7. The molecule has 0 aliphatic heterocycles. The highest BCUT2D eigenvalue weighted by molar-refractivity contribution is 5.92. The highest BCUT2D eigenvalue weighted by Gasteiger charge is 2.22. The van der Waals surface area contributed by atoms with E-state index in [1.165, 1.54) is 0 Å². The first-order chi connectivity index (χ1) is 8.86. The van der Waals surface area contributed by atoms with Gasteiger partial charge < -0.3 is 19.5 Å². The summed E-state index contributed by atoms with van der Waals surface area (Å²) < 4.78 is 10.2. The number of amides is 1. The Labute approximate surface area is 114 Å². The van der Waals surface area contributed by atoms with Crippen molar-refractivity contribution in [3.63, 3.8) is 0 Å². The van der Waals surface area contributed by atoms with Crippen molar-refractivity contribution in [1.29, 1.82) is 0 Å². The van der Waals surface area contributed by atoms with E-state index in [0.29, 0.717) is 25.5 Å². The van der Waals surface area contributed by atoms with Gasteiger partial charge in [-0.1, -0.05) is 5.16 Å². The second-order valence-corrected chi connectivity index (χ2v) is 5.21. The summed E-state index contributed by atoms with van der Waals surface area (Å²) in [7, 11) is 3.95. The normalized spacial score (nSPS) is 11.9. The van der Waals surface area contributed by atoms with Crippen LogP contribution in [0.15, 0.2) is 10.6 Å². The summed E-state index contributed by atoms with van der Waals surface area (Å²) in [6.45, 7) is 7.46. The molecule has 0 aliphatic carbocycles. The van der Waals surface area contributed by atoms with Gasteiger partial charge in [0.05, 0.1) is 0 Å². The monoisotopic (exact) mass is 269 g/mol. The number of aromatic nitrogens is 1. The average Bonchev–Trinajstić information content (AvgIpc) is 2.82. The first-order valence-corrected chi connectivity index (χ1v) is 6.35. The topological polar surface area (TPSA) is 67.6 Å². The van der Waals surface area contributed by atoms with Gasteiger partial charge in [-0.05, 0) is 34.9 Å². The second kappa shape index (κ2) is 6.68. The number of ether oxygens (including phenoxy) is 1. The maximum atomic E-state index is 11.9. The quantitative estimate of drug-likeness (QED) is 0.807. The van der Waals surface area contributed by atoms with Crippen molar-refractivity contribution < 1.29 is 14.1 Å². The van der Waals surface area contributed by atoms with Crippen LogP contribution in [-0.4, -0.2) is 48.7 Å². The summed E-state index contributed by atoms with van der Waals surface area (Å²) in [6.07, 6.45) is 0. The molecule has 1 amide bonds. The summed E-state index contributed by atoms with van der Waals surface area (Å²) in [4.78, 5) is 14.0. The van der Waals surface area contributed by atoms with E-state index >= 15 is 0 Å². The number of nitrogens with one attached hydrogen (secondary N) is 1. The smallest absolute Gasteiger partial charge is 0.273 e. The molecule has 1 aromatic heterocycles. The fraction of sp³-hybridized carbons (Fsp3) is 0.692. The van der Waals surface area contributed by atoms with E-state index < -0.39 is 0 Å². The van der Waals surface area contributed by atoms with Gasteiger partial charge in [0.15, 0.2) is 11.5 Å². The number of carbonyl (C=O) groups excluding carboxylic acids is 1. The van der Waals surface area contributed by atoms with Gasteiger partial charge in [-0.3, -0.25) is 4.79 Å². The summed E-state index contributed by atoms with van der Waals surface area (Å²) in [6, 6.07) is 1.60. The molecule has 0 radical (unpaired) electrons. The second-order valence-electron chi connectivity index (χ2n) is 5.21. The largest absolute Gasteiger partial charge is 0.374 e. The Balaban J connectivity index is 2.52. The van der Waals surface area contributed by atoms with Crippen LogP contribution in [0.3, 0.4) is 0 Å². The van der Waals surface area contributed by atoms with E-state index in [9.17, 15) is 4.79 Å². The van der Waals surface area contributed by atoms with Crippen LogP contribution in [0.1, 0.15) is 37.0 Å². The molecule has 0 bridgehead atoms. The summed E-state index contributed by atoms with van der Waals surface area (Å²) >= 11 is 0. The number of rotatable bonds is 7. The van der Waals surface area contributed by atoms with Crippen LogP contribution in [0.25, 0.3) is 0 Å². The molecule has 0 spiro atoms. The molecule has 1 N–H and O–H groups in total. The predicted molar refractivity (Wildman–Crippen MR) is 71.9 cm³/mol. The Bertz CT molecular complexity index is 413. The maximum Gasteiger partial charge on any atom is 0.273 e. The van der Waals surface area contributed by atoms with Crippen LogP contribution in [0.4, 0.5) is 0 Å². The third-order valence-electron chi connectivity index (χ3n) is 3.13. The van der Waals surface area contributed by atoms with Crippen molar-refractivity contribution >= 4 is 5.91 Å². The van der Waals surface area contributed by atoms with Gasteiger partial charge in [0.1, 0.15) is 6.61 Å². The van der Waals surface area contributed by atoms with E-state index in [1.54, 1.807) is 6.07 Å². The van der Waals surface area contributed by atoms with Gasteiger partial charge in [-0.15, -0.1) is 0 Å². The molecule has 6 nitrogen and oxygen atoms in total. The van der Waals surface area contributed by atoms with Crippen LogP contribution in [0.5, 0.6) is 0 Å². The molecular weight excluding hydrogens is 246 g/mol. The average molecular weight is 269 g/mol. The lowest BCUT2D eigenvalue weighted by Gasteiger charge is -2.32. The van der Waals surface area contributed by atoms with E-state index in [-0.39, 0.29) is 17.1 Å². The third-order valence-corrected chi connectivity index (χ3v) is 3.13. The maximum absolute atomic E-state index is 11.9. The van der Waals surface area contributed by atoms with Crippen molar-refractivity contribution in [2.75, 3.05) is 27.2 Å². The molecule has 0 atom stereocenters. The molecule has 108 valence electrons. The Morgan fingerprint density at radius 1 is 1.53 bits per heavy atom. The molecule has 0 aromatic carbocycles. The molecule has 19 heavy (non-hydrogen) atoms. The molecule has 0 unspecified atom stereocenters. The van der Waals surface area contributed by atoms with Crippen molar-refractivity contribution in [1.82, 2.24) is 15.4 Å². The van der Waals surface area contributed by atoms with E-state index in [4.69, 9.17) is 9.26 Å². The van der Waals surface area contributed by atoms with Gasteiger partial charge in [-0.25, -0.2) is 0 Å². The molecule has 0 saturated heterocycles. The molecule has 0 saturated carbocycles. The molecule has 0 fully saturated rings. The zero-order chi connectivity index (χ0) is 14.5. The van der Waals surface area contributed by atoms with Crippen molar-refractivity contribution in [3.05, 3.63) is 17.5 Å². The predicted octanol–water partition coefficient (Wildman–Crippen LogP) is 1.28. The van der Waals surface area contributed by atoms with Gasteiger partial charge in [-0.2, -0.15) is 0 Å². The highest BCUT2D eigenvalue weighted by atomic mass is 16.5. The Kier molecular flexibility index (Phi) is 5.50. The summed E-state index contributed by atoms with van der Waals surface area (Å²) in [5.41, 5.74) is 0.164. The van der Waals surface area contributed by atoms with Crippen molar-refractivity contribution in [2.45, 2.75) is 32.9 Å². The molecule has 0 aliphatic rings. The Morgan fingerprint density at radius 3 is 2.79 bits per heavy atom. The fourth-order valence-corrected chi connectivity index (χ4v) is 1.24. The van der Waals surface area contributed by atoms with Gasteiger partial charge in [0.2, 0.25) is 0 Å². The molecule has 1 heterocycles. The van der Waals surface area contributed by atoms with Crippen LogP contribution in [0, 0.1) is 0 Å². The molecule has 6 heteroatoms. The minimum absolute atomic E-state index is 0.118. The van der Waals surface area contributed by atoms with Crippen LogP contribution < -0.4 is 5.32 Å². The standard InChI is InChI=1S/C13H23N3O3/c1-6-18-8-10-7-11(15-19-10)12(17)14-9-13(2,3)16(4)5/h7H,6,8-9H2,1-5H3,(H,14,17). The molecule has 1 rings (SSSR count). The minimum Gasteiger partial charge on any atom is -0.374 e. The van der Waals surface area contributed by atoms with Crippen LogP contribution in [-0.2, 0) is 11.3 Å². The highest BCUT2D eigenvalue weighted by Crippen LogP contribution is 2.09. The summed E-state index contributed by atoms with van der Waals surface area (Å²) in [5, 5.41) is 6.58. The Morgan fingerprint density at radius 2 is 2.21 bits per heavy atom. The fourth-order valence-electron chi connectivity index (χ4n) is 1.24. The number of hydrogen-bond donors (Lipinski definition) is 1. The number of likely N-dealkylation sites (N-methyl/N-ethyl adjacent to an activating group) is 1. The van der Waals surface area contributed by atoms with E-state index in [2.05, 4.69) is 29.2 Å². The Hall–Kier alpha value is -1.40. The van der Waals surface area contributed by atoms with Gasteiger partial charge in [0.25, 0.3) is 5.91 Å². The van der Waals surface area contributed by atoms with Crippen molar-refractivity contribution in [3.8, 4) is 0 Å². The third kappa shape index (κ3) is 4.65. The lowest BCUT2D eigenvalue weighted by Crippen LogP contribution is -2.48. The van der Waals surface area contributed by atoms with E-state index in [1.807, 2.05) is 21.0 Å². The zero-order valence-electron chi connectivity index (χ0n) is 12.3. The number of hydrogen-bond acceptors (Lipinski definition) is 5. The van der Waals surface area contributed by atoms with Gasteiger partial charge >= 0.3 is 0 Å². The minimum atomic E-state index is -0.235. The van der Waals surface area contributed by atoms with Crippen LogP contribution >= 0.6 is 0 Å². The van der Waals surface area contributed by atoms with Crippen LogP contribution in [0.2, 0.25) is 0 Å². The van der Waals surface area contributed by atoms with E-state index in [0.717, 1.165) is 0 Å². The first-order valence-electron chi connectivity index (χ1n) is 6.35. The lowest BCUT2D eigenvalue weighted by atomic mass is 10.0. The molecule has 1 aromatic rings. The number of nitrogens with zero attached hydrogens (tertiary/aromatic N) is 2. The lowest BCUT2D eigenvalue weighted by molar-refractivity contribution is 0.0908. The molecular formula is C13H23N3O3. The zero-order valence-corrected chi connectivity index (χ0v) is 12.3. The van der Waals surface area contributed by atoms with Crippen molar-refractivity contribution in [2.24, 2.45) is 0 Å². The summed E-state index contributed by atoms with van der Waals surface area (Å²) in [5.74, 6) is 0.320. The number of carbonyl (C=O) groups is 1. The van der Waals surface area contributed by atoms with Gasteiger partial charge in [0, 0.05) is 24.8 Å². The SMILES string of the molecule is CCOCc1cc(C(=O)NCC(C)(C)N(C)C)no1.